The summed E-state index contributed by atoms with van der Waals surface area (Å²) in [6, 6.07) is 5.79. The third-order valence-electron chi connectivity index (χ3n) is 4.65. The van der Waals surface area contributed by atoms with E-state index in [2.05, 4.69) is 34.7 Å². The first kappa shape index (κ1) is 20.0. The molecule has 0 radical (unpaired) electrons. The van der Waals surface area contributed by atoms with Gasteiger partial charge in [-0.05, 0) is 29.7 Å². The lowest BCUT2D eigenvalue weighted by molar-refractivity contribution is 0.0763. The molecule has 2 aromatic rings. The van der Waals surface area contributed by atoms with Crippen molar-refractivity contribution in [2.24, 2.45) is 4.99 Å². The maximum absolute atomic E-state index is 13.0. The number of nitrogens with zero attached hydrogens (tertiary/aromatic N) is 3. The highest BCUT2D eigenvalue weighted by Gasteiger charge is 2.30. The molecule has 2 heterocycles. The Hall–Kier alpha value is -3.73. The van der Waals surface area contributed by atoms with E-state index in [-0.39, 0.29) is 5.91 Å². The molecule has 1 amide bonds. The second-order valence-corrected chi connectivity index (χ2v) is 6.59. The molecule has 0 bridgehead atoms. The fraction of sp³-hybridized carbons (Fsp3) is 0.125. The van der Waals surface area contributed by atoms with E-state index in [0.717, 1.165) is 28.0 Å². The predicted octanol–water partition coefficient (Wildman–Crippen LogP) is 5.07. The van der Waals surface area contributed by atoms with Gasteiger partial charge in [-0.3, -0.25) is 4.79 Å². The molecule has 1 aliphatic heterocycles. The van der Waals surface area contributed by atoms with E-state index in [1.807, 2.05) is 43.4 Å². The number of aliphatic imine (C=N–C) groups is 1. The lowest BCUT2D eigenvalue weighted by Gasteiger charge is -2.14. The van der Waals surface area contributed by atoms with Crippen LogP contribution in [0.4, 0.5) is 5.82 Å². The van der Waals surface area contributed by atoms with Gasteiger partial charge in [0, 0.05) is 18.3 Å². The number of H-pyrrole nitrogens is 1. The fourth-order valence-electron chi connectivity index (χ4n) is 3.31. The van der Waals surface area contributed by atoms with Crippen molar-refractivity contribution in [1.82, 2.24) is 14.9 Å². The van der Waals surface area contributed by atoms with Crippen molar-refractivity contribution in [1.29, 1.82) is 0 Å². The van der Waals surface area contributed by atoms with E-state index >= 15 is 0 Å². The van der Waals surface area contributed by atoms with Crippen LogP contribution in [0.2, 0.25) is 0 Å². The lowest BCUT2D eigenvalue weighted by atomic mass is 9.96. The van der Waals surface area contributed by atoms with Gasteiger partial charge in [0.25, 0.3) is 5.91 Å². The highest BCUT2D eigenvalue weighted by Crippen LogP contribution is 2.31. The number of allylic oxidation sites excluding steroid dienone is 7. The van der Waals surface area contributed by atoms with Crippen LogP contribution < -0.4 is 0 Å². The van der Waals surface area contributed by atoms with Crippen molar-refractivity contribution >= 4 is 23.5 Å². The molecule has 0 atom stereocenters. The van der Waals surface area contributed by atoms with Gasteiger partial charge in [-0.1, -0.05) is 68.3 Å². The number of hydrogen-bond acceptors (Lipinski definition) is 3. The van der Waals surface area contributed by atoms with Crippen molar-refractivity contribution in [3.8, 4) is 0 Å². The van der Waals surface area contributed by atoms with E-state index in [4.69, 9.17) is 0 Å². The molecule has 1 aliphatic rings. The van der Waals surface area contributed by atoms with Crippen LogP contribution in [0.3, 0.4) is 0 Å². The van der Waals surface area contributed by atoms with Gasteiger partial charge < -0.3 is 9.88 Å². The van der Waals surface area contributed by atoms with Crippen molar-refractivity contribution in [3.05, 3.63) is 103 Å². The number of carbonyl (C=O) groups excluding carboxylic acids is 1. The molecule has 29 heavy (non-hydrogen) atoms. The summed E-state index contributed by atoms with van der Waals surface area (Å²) in [6.07, 6.45) is 12.5. The van der Waals surface area contributed by atoms with Crippen molar-refractivity contribution in [3.63, 3.8) is 0 Å². The Morgan fingerprint density at radius 2 is 2.10 bits per heavy atom. The summed E-state index contributed by atoms with van der Waals surface area (Å²) in [5.74, 6) is 1.31. The van der Waals surface area contributed by atoms with Gasteiger partial charge in [-0.2, -0.15) is 0 Å². The van der Waals surface area contributed by atoms with Crippen LogP contribution >= 0.6 is 0 Å². The van der Waals surface area contributed by atoms with E-state index in [9.17, 15) is 4.79 Å². The number of imidazole rings is 1. The van der Waals surface area contributed by atoms with Gasteiger partial charge in [-0.15, -0.1) is 0 Å². The number of aromatic nitrogens is 2. The van der Waals surface area contributed by atoms with Crippen molar-refractivity contribution < 1.29 is 4.79 Å². The van der Waals surface area contributed by atoms with Gasteiger partial charge >= 0.3 is 0 Å². The third-order valence-corrected chi connectivity index (χ3v) is 4.65. The first-order valence-corrected chi connectivity index (χ1v) is 9.33. The van der Waals surface area contributed by atoms with Crippen LogP contribution in [0, 0.1) is 6.92 Å². The molecule has 1 aromatic carbocycles. The fourth-order valence-corrected chi connectivity index (χ4v) is 3.31. The molecule has 1 aromatic heterocycles. The van der Waals surface area contributed by atoms with Gasteiger partial charge in [0.05, 0.1) is 12.2 Å². The maximum Gasteiger partial charge on any atom is 0.254 e. The average Bonchev–Trinajstić information content (AvgIpc) is 3.23. The molecule has 0 saturated heterocycles. The number of fused-ring (bicyclic) bond motifs is 1. The zero-order valence-corrected chi connectivity index (χ0v) is 16.6. The summed E-state index contributed by atoms with van der Waals surface area (Å²) in [4.78, 5) is 26.7. The minimum absolute atomic E-state index is 0.00269. The Morgan fingerprint density at radius 3 is 2.83 bits per heavy atom. The summed E-state index contributed by atoms with van der Waals surface area (Å²) >= 11 is 0. The quantitative estimate of drug-likeness (QED) is 0.510. The van der Waals surface area contributed by atoms with E-state index in [0.29, 0.717) is 24.7 Å². The van der Waals surface area contributed by atoms with Gasteiger partial charge in [0.15, 0.2) is 5.82 Å². The second-order valence-electron chi connectivity index (χ2n) is 6.59. The number of nitrogens with one attached hydrogen (secondary N) is 1. The van der Waals surface area contributed by atoms with Crippen LogP contribution in [0.15, 0.2) is 79.4 Å². The molecule has 0 fully saturated rings. The molecule has 0 spiro atoms. The lowest BCUT2D eigenvalue weighted by Crippen LogP contribution is -2.23. The maximum atomic E-state index is 13.0. The van der Waals surface area contributed by atoms with Crippen LogP contribution in [0.1, 0.15) is 33.0 Å². The summed E-state index contributed by atoms with van der Waals surface area (Å²) < 4.78 is 0. The molecule has 146 valence electrons. The van der Waals surface area contributed by atoms with Crippen LogP contribution in [-0.4, -0.2) is 27.0 Å². The minimum atomic E-state index is -0.00269. The van der Waals surface area contributed by atoms with Gasteiger partial charge in [0.2, 0.25) is 0 Å². The zero-order valence-electron chi connectivity index (χ0n) is 16.6. The third kappa shape index (κ3) is 4.24. The Balaban J connectivity index is 1.88. The number of aryl methyl sites for hydroxylation is 1. The molecule has 5 heteroatoms. The van der Waals surface area contributed by atoms with Crippen LogP contribution in [0.5, 0.6) is 0 Å². The second kappa shape index (κ2) is 8.97. The summed E-state index contributed by atoms with van der Waals surface area (Å²) in [5.41, 5.74) is 4.55. The average molecular weight is 384 g/mol. The number of benzene rings is 1. The standard InChI is InChI=1S/C24H24N4O/c1-5-8-9-11-18(7-3)19-12-10-13-20-21(19)15-28(24(20)29)16-22-26-17(4)23(27-22)25-14-6-2/h5-14H,1-3,15-16H2,4H3,(H,26,27)/b9-8-,18-11+,25-14-. The van der Waals surface area contributed by atoms with Gasteiger partial charge in [0.1, 0.15) is 5.82 Å². The number of carbonyl (C=O) groups is 1. The summed E-state index contributed by atoms with van der Waals surface area (Å²) in [7, 11) is 0. The van der Waals surface area contributed by atoms with Crippen molar-refractivity contribution in [2.45, 2.75) is 20.0 Å². The Morgan fingerprint density at radius 1 is 1.28 bits per heavy atom. The molecule has 0 aliphatic carbocycles. The number of rotatable bonds is 8. The Labute approximate surface area is 171 Å². The topological polar surface area (TPSA) is 61.4 Å². The molecule has 0 saturated carbocycles. The van der Waals surface area contributed by atoms with E-state index in [1.165, 1.54) is 0 Å². The number of hydrogen-bond donors (Lipinski definition) is 1. The minimum Gasteiger partial charge on any atom is -0.343 e. The first-order chi connectivity index (χ1) is 14.1. The molecule has 3 rings (SSSR count). The normalized spacial score (nSPS) is 14.0. The molecular weight excluding hydrogens is 360 g/mol. The van der Waals surface area contributed by atoms with E-state index in [1.54, 1.807) is 29.3 Å². The summed E-state index contributed by atoms with van der Waals surface area (Å²) in [6.45, 7) is 14.0. The highest BCUT2D eigenvalue weighted by molar-refractivity contribution is 6.00. The molecule has 1 N–H and O–H groups in total. The smallest absolute Gasteiger partial charge is 0.254 e. The van der Waals surface area contributed by atoms with Crippen LogP contribution in [0.25, 0.3) is 5.57 Å². The molecule has 0 unspecified atom stereocenters. The van der Waals surface area contributed by atoms with Crippen molar-refractivity contribution in [2.75, 3.05) is 0 Å². The first-order valence-electron chi connectivity index (χ1n) is 9.33. The number of amides is 1. The largest absolute Gasteiger partial charge is 0.343 e. The SMILES string of the molecule is C=C/C=C\C=C(/C=C)c1cccc2c1CN(Cc1nc(/N=C\C=C)c(C)[nH]1)C2=O. The highest BCUT2D eigenvalue weighted by atomic mass is 16.2. The van der Waals surface area contributed by atoms with E-state index < -0.39 is 0 Å². The van der Waals surface area contributed by atoms with Crippen LogP contribution in [-0.2, 0) is 13.1 Å². The van der Waals surface area contributed by atoms with Gasteiger partial charge in [-0.25, -0.2) is 9.98 Å². The predicted molar refractivity (Wildman–Crippen MR) is 119 cm³/mol. The Kier molecular flexibility index (Phi) is 6.19. The molecule has 5 nitrogen and oxygen atoms in total. The molecular formula is C24H24N4O. The monoisotopic (exact) mass is 384 g/mol. The summed E-state index contributed by atoms with van der Waals surface area (Å²) in [5, 5.41) is 0. The zero-order chi connectivity index (χ0) is 20.8. The number of aromatic amines is 1. The Bertz CT molecular complexity index is 1050.